The zero-order chi connectivity index (χ0) is 8.97. The Bertz CT molecular complexity index is 155. The second-order valence-electron chi connectivity index (χ2n) is 3.26. The van der Waals surface area contributed by atoms with Gasteiger partial charge in [0.1, 0.15) is 0 Å². The van der Waals surface area contributed by atoms with Crippen molar-refractivity contribution in [2.45, 2.75) is 39.2 Å². The maximum Gasteiger partial charge on any atom is 0.317 e. The number of nitrogens with zero attached hydrogens (tertiary/aromatic N) is 1. The molecule has 0 aromatic carbocycles. The van der Waals surface area contributed by atoms with Crippen LogP contribution >= 0.6 is 0 Å². The Hall–Kier alpha value is -0.730. The lowest BCUT2D eigenvalue weighted by Crippen LogP contribution is -2.41. The van der Waals surface area contributed by atoms with Crippen LogP contribution in [0.3, 0.4) is 0 Å². The average Bonchev–Trinajstić information content (AvgIpc) is 2.83. The largest absolute Gasteiger partial charge is 0.338 e. The molecule has 0 aromatic rings. The number of carbonyl (C=O) groups is 1. The molecule has 0 atom stereocenters. The van der Waals surface area contributed by atoms with Gasteiger partial charge in [-0.3, -0.25) is 0 Å². The van der Waals surface area contributed by atoms with Gasteiger partial charge in [-0.1, -0.05) is 6.92 Å². The van der Waals surface area contributed by atoms with Crippen LogP contribution in [0.4, 0.5) is 4.79 Å². The summed E-state index contributed by atoms with van der Waals surface area (Å²) in [5, 5.41) is 2.84. The lowest BCUT2D eigenvalue weighted by Gasteiger charge is -2.21. The molecule has 1 aliphatic carbocycles. The Labute approximate surface area is 74.1 Å². The molecule has 1 N–H and O–H groups in total. The van der Waals surface area contributed by atoms with E-state index in [4.69, 9.17) is 0 Å². The normalized spacial score (nSPS) is 15.8. The summed E-state index contributed by atoms with van der Waals surface area (Å²) in [5.41, 5.74) is 0. The minimum Gasteiger partial charge on any atom is -0.338 e. The number of hydrogen-bond donors (Lipinski definition) is 1. The van der Waals surface area contributed by atoms with Gasteiger partial charge >= 0.3 is 6.03 Å². The molecular formula is C9H18N2O. The molecule has 0 aliphatic heterocycles. The van der Waals surface area contributed by atoms with Gasteiger partial charge in [-0.2, -0.15) is 0 Å². The molecule has 0 saturated heterocycles. The van der Waals surface area contributed by atoms with Crippen LogP contribution in [0.1, 0.15) is 33.1 Å². The summed E-state index contributed by atoms with van der Waals surface area (Å²) >= 11 is 0. The molecule has 12 heavy (non-hydrogen) atoms. The SMILES string of the molecule is CCCN(C(=O)NCC)C1CC1. The van der Waals surface area contributed by atoms with E-state index in [1.807, 2.05) is 11.8 Å². The Morgan fingerprint density at radius 3 is 2.58 bits per heavy atom. The van der Waals surface area contributed by atoms with Crippen LogP contribution in [0.2, 0.25) is 0 Å². The molecule has 2 amide bonds. The topological polar surface area (TPSA) is 32.3 Å². The van der Waals surface area contributed by atoms with Crippen molar-refractivity contribution >= 4 is 6.03 Å². The molecule has 0 radical (unpaired) electrons. The van der Waals surface area contributed by atoms with Crippen molar-refractivity contribution in [3.05, 3.63) is 0 Å². The van der Waals surface area contributed by atoms with Crippen molar-refractivity contribution in [2.75, 3.05) is 13.1 Å². The highest BCUT2D eigenvalue weighted by Gasteiger charge is 2.31. The quantitative estimate of drug-likeness (QED) is 0.682. The molecule has 1 fully saturated rings. The van der Waals surface area contributed by atoms with Crippen LogP contribution in [0.15, 0.2) is 0 Å². The number of urea groups is 1. The van der Waals surface area contributed by atoms with E-state index in [1.54, 1.807) is 0 Å². The third-order valence-corrected chi connectivity index (χ3v) is 2.04. The average molecular weight is 170 g/mol. The van der Waals surface area contributed by atoms with E-state index in [0.29, 0.717) is 6.04 Å². The van der Waals surface area contributed by atoms with Crippen molar-refractivity contribution in [3.63, 3.8) is 0 Å². The Kier molecular flexibility index (Phi) is 3.38. The Morgan fingerprint density at radius 1 is 1.50 bits per heavy atom. The zero-order valence-corrected chi connectivity index (χ0v) is 7.97. The lowest BCUT2D eigenvalue weighted by molar-refractivity contribution is 0.195. The first-order chi connectivity index (χ1) is 5.79. The molecule has 1 saturated carbocycles. The van der Waals surface area contributed by atoms with Gasteiger partial charge in [0.2, 0.25) is 0 Å². The van der Waals surface area contributed by atoms with Gasteiger partial charge in [-0.25, -0.2) is 4.79 Å². The Morgan fingerprint density at radius 2 is 2.17 bits per heavy atom. The molecule has 70 valence electrons. The summed E-state index contributed by atoms with van der Waals surface area (Å²) in [4.78, 5) is 13.4. The van der Waals surface area contributed by atoms with Gasteiger partial charge in [-0.15, -0.1) is 0 Å². The van der Waals surface area contributed by atoms with E-state index in [9.17, 15) is 4.79 Å². The fraction of sp³-hybridized carbons (Fsp3) is 0.889. The highest BCUT2D eigenvalue weighted by atomic mass is 16.2. The lowest BCUT2D eigenvalue weighted by atomic mass is 10.4. The fourth-order valence-electron chi connectivity index (χ4n) is 1.33. The van der Waals surface area contributed by atoms with Crippen LogP contribution < -0.4 is 5.32 Å². The molecule has 0 heterocycles. The molecule has 0 spiro atoms. The van der Waals surface area contributed by atoms with Gasteiger partial charge in [0, 0.05) is 19.1 Å². The second kappa shape index (κ2) is 4.33. The first-order valence-electron chi connectivity index (χ1n) is 4.84. The number of nitrogens with one attached hydrogen (secondary N) is 1. The van der Waals surface area contributed by atoms with E-state index >= 15 is 0 Å². The van der Waals surface area contributed by atoms with Gasteiger partial charge in [0.15, 0.2) is 0 Å². The zero-order valence-electron chi connectivity index (χ0n) is 7.97. The van der Waals surface area contributed by atoms with Crippen LogP contribution in [-0.2, 0) is 0 Å². The van der Waals surface area contributed by atoms with Crippen LogP contribution in [0.25, 0.3) is 0 Å². The van der Waals surface area contributed by atoms with Crippen LogP contribution in [0.5, 0.6) is 0 Å². The highest BCUT2D eigenvalue weighted by molar-refractivity contribution is 5.74. The maximum absolute atomic E-state index is 11.4. The number of rotatable bonds is 4. The summed E-state index contributed by atoms with van der Waals surface area (Å²) in [5.74, 6) is 0. The summed E-state index contributed by atoms with van der Waals surface area (Å²) in [7, 11) is 0. The minimum atomic E-state index is 0.113. The fourth-order valence-corrected chi connectivity index (χ4v) is 1.33. The predicted octanol–water partition coefficient (Wildman–Crippen LogP) is 1.59. The van der Waals surface area contributed by atoms with Crippen molar-refractivity contribution < 1.29 is 4.79 Å². The van der Waals surface area contributed by atoms with E-state index in [-0.39, 0.29) is 6.03 Å². The third-order valence-electron chi connectivity index (χ3n) is 2.04. The number of hydrogen-bond acceptors (Lipinski definition) is 1. The predicted molar refractivity (Wildman–Crippen MR) is 49.1 cm³/mol. The van der Waals surface area contributed by atoms with Gasteiger partial charge in [0.05, 0.1) is 0 Å². The van der Waals surface area contributed by atoms with E-state index in [0.717, 1.165) is 19.5 Å². The second-order valence-corrected chi connectivity index (χ2v) is 3.26. The van der Waals surface area contributed by atoms with Crippen LogP contribution in [-0.4, -0.2) is 30.1 Å². The van der Waals surface area contributed by atoms with Gasteiger partial charge in [0.25, 0.3) is 0 Å². The third kappa shape index (κ3) is 2.40. The van der Waals surface area contributed by atoms with Crippen molar-refractivity contribution in [1.82, 2.24) is 10.2 Å². The number of carbonyl (C=O) groups excluding carboxylic acids is 1. The standard InChI is InChI=1S/C9H18N2O/c1-3-7-11(8-5-6-8)9(12)10-4-2/h8H,3-7H2,1-2H3,(H,10,12). The highest BCUT2D eigenvalue weighted by Crippen LogP contribution is 2.26. The van der Waals surface area contributed by atoms with Crippen molar-refractivity contribution in [1.29, 1.82) is 0 Å². The molecular weight excluding hydrogens is 152 g/mol. The van der Waals surface area contributed by atoms with Crippen LogP contribution in [0, 0.1) is 0 Å². The molecule has 3 nitrogen and oxygen atoms in total. The first kappa shape index (κ1) is 9.36. The smallest absolute Gasteiger partial charge is 0.317 e. The minimum absolute atomic E-state index is 0.113. The van der Waals surface area contributed by atoms with Gasteiger partial charge in [-0.05, 0) is 26.2 Å². The van der Waals surface area contributed by atoms with Gasteiger partial charge < -0.3 is 10.2 Å². The maximum atomic E-state index is 11.4. The summed E-state index contributed by atoms with van der Waals surface area (Å²) < 4.78 is 0. The molecule has 0 bridgehead atoms. The van der Waals surface area contributed by atoms with Crippen molar-refractivity contribution in [3.8, 4) is 0 Å². The van der Waals surface area contributed by atoms with E-state index < -0.39 is 0 Å². The molecule has 3 heteroatoms. The molecule has 1 aliphatic rings. The summed E-state index contributed by atoms with van der Waals surface area (Å²) in [6.07, 6.45) is 3.43. The monoisotopic (exact) mass is 170 g/mol. The Balaban J connectivity index is 2.34. The van der Waals surface area contributed by atoms with Crippen molar-refractivity contribution in [2.24, 2.45) is 0 Å². The molecule has 0 aromatic heterocycles. The number of amides is 2. The van der Waals surface area contributed by atoms with E-state index in [1.165, 1.54) is 12.8 Å². The summed E-state index contributed by atoms with van der Waals surface area (Å²) in [6.45, 7) is 5.69. The molecule has 1 rings (SSSR count). The summed E-state index contributed by atoms with van der Waals surface area (Å²) in [6, 6.07) is 0.651. The molecule has 0 unspecified atom stereocenters. The van der Waals surface area contributed by atoms with E-state index in [2.05, 4.69) is 12.2 Å². The first-order valence-corrected chi connectivity index (χ1v) is 4.84.